The van der Waals surface area contributed by atoms with E-state index in [9.17, 15) is 8.42 Å². The quantitative estimate of drug-likeness (QED) is 0.816. The van der Waals surface area contributed by atoms with Gasteiger partial charge in [0.15, 0.2) is 5.82 Å². The molecule has 0 saturated carbocycles. The van der Waals surface area contributed by atoms with Crippen molar-refractivity contribution in [1.82, 2.24) is 9.78 Å². The maximum Gasteiger partial charge on any atom is 0.265 e. The van der Waals surface area contributed by atoms with Crippen molar-refractivity contribution < 1.29 is 8.42 Å². The molecule has 0 spiro atoms. The van der Waals surface area contributed by atoms with E-state index >= 15 is 0 Å². The van der Waals surface area contributed by atoms with E-state index < -0.39 is 10.0 Å². The Balaban J connectivity index is 2.02. The minimum atomic E-state index is -3.57. The van der Waals surface area contributed by atoms with Gasteiger partial charge in [-0.2, -0.15) is 5.10 Å². The highest BCUT2D eigenvalue weighted by Crippen LogP contribution is 2.33. The molecule has 0 unspecified atom stereocenters. The highest BCUT2D eigenvalue weighted by molar-refractivity contribution is 9.10. The van der Waals surface area contributed by atoms with Crippen LogP contribution in [-0.4, -0.2) is 24.7 Å². The van der Waals surface area contributed by atoms with Gasteiger partial charge in [0, 0.05) is 13.1 Å². The molecule has 3 rings (SSSR count). The van der Waals surface area contributed by atoms with E-state index in [0.717, 1.165) is 18.5 Å². The van der Waals surface area contributed by atoms with Crippen LogP contribution in [0.15, 0.2) is 39.8 Å². The number of aryl methyl sites for hydroxylation is 1. The fraction of sp³-hybridized carbons (Fsp3) is 0.400. The highest BCUT2D eigenvalue weighted by atomic mass is 79.9. The molecule has 1 aliphatic heterocycles. The summed E-state index contributed by atoms with van der Waals surface area (Å²) in [5.74, 6) is 0.988. The van der Waals surface area contributed by atoms with Gasteiger partial charge in [0.2, 0.25) is 0 Å². The van der Waals surface area contributed by atoms with E-state index in [0.29, 0.717) is 27.6 Å². The van der Waals surface area contributed by atoms with E-state index in [2.05, 4.69) is 34.9 Å². The Hall–Kier alpha value is -1.34. The van der Waals surface area contributed by atoms with Crippen LogP contribution in [0.4, 0.5) is 5.82 Å². The Morgan fingerprint density at radius 1 is 1.18 bits per heavy atom. The van der Waals surface area contributed by atoms with Crippen molar-refractivity contribution in [3.63, 3.8) is 0 Å². The van der Waals surface area contributed by atoms with Crippen LogP contribution in [-0.2, 0) is 16.6 Å². The van der Waals surface area contributed by atoms with Gasteiger partial charge in [-0.05, 0) is 46.0 Å². The van der Waals surface area contributed by atoms with E-state index in [1.54, 1.807) is 23.0 Å². The first kappa shape index (κ1) is 15.6. The molecule has 7 heteroatoms. The maximum absolute atomic E-state index is 12.9. The predicted octanol–water partition coefficient (Wildman–Crippen LogP) is 3.37. The number of hydrogen-bond donors (Lipinski definition) is 0. The monoisotopic (exact) mass is 383 g/mol. The van der Waals surface area contributed by atoms with E-state index in [-0.39, 0.29) is 0 Å². The van der Waals surface area contributed by atoms with E-state index in [1.807, 2.05) is 12.1 Å². The fourth-order valence-electron chi connectivity index (χ4n) is 2.62. The third-order valence-corrected chi connectivity index (χ3v) is 6.23. The third kappa shape index (κ3) is 2.56. The Labute approximate surface area is 139 Å². The molecule has 1 aromatic heterocycles. The first-order valence-corrected chi connectivity index (χ1v) is 9.48. The average Bonchev–Trinajstić information content (AvgIpc) is 2.89. The normalized spacial score (nSPS) is 15.2. The molecule has 0 radical (unpaired) electrons. The highest BCUT2D eigenvalue weighted by Gasteiger charge is 2.31. The lowest BCUT2D eigenvalue weighted by Gasteiger charge is -2.29. The van der Waals surface area contributed by atoms with Crippen LogP contribution in [0.1, 0.15) is 31.7 Å². The smallest absolute Gasteiger partial charge is 0.249 e. The average molecular weight is 384 g/mol. The van der Waals surface area contributed by atoms with Gasteiger partial charge in [-0.15, -0.1) is 0 Å². The van der Waals surface area contributed by atoms with Crippen molar-refractivity contribution in [2.75, 3.05) is 10.8 Å². The second-order valence-corrected chi connectivity index (χ2v) is 8.41. The molecule has 0 fully saturated rings. The molecule has 0 saturated heterocycles. The summed E-state index contributed by atoms with van der Waals surface area (Å²) in [6.45, 7) is 5.38. The fourth-order valence-corrected chi connectivity index (χ4v) is 4.78. The molecule has 1 aromatic carbocycles. The number of anilines is 1. The predicted molar refractivity (Wildman–Crippen MR) is 89.6 cm³/mol. The number of aromatic nitrogens is 2. The number of hydrogen-bond acceptors (Lipinski definition) is 3. The number of fused-ring (bicyclic) bond motifs is 1. The molecule has 118 valence electrons. The molecule has 0 amide bonds. The Morgan fingerprint density at radius 2 is 1.86 bits per heavy atom. The lowest BCUT2D eigenvalue weighted by Crippen LogP contribution is -2.37. The third-order valence-electron chi connectivity index (χ3n) is 3.87. The summed E-state index contributed by atoms with van der Waals surface area (Å²) in [6.07, 6.45) is 2.40. The van der Waals surface area contributed by atoms with Crippen LogP contribution in [0.2, 0.25) is 0 Å². The van der Waals surface area contributed by atoms with Crippen molar-refractivity contribution in [3.05, 3.63) is 40.5 Å². The van der Waals surface area contributed by atoms with Gasteiger partial charge < -0.3 is 0 Å². The second kappa shape index (κ2) is 5.70. The topological polar surface area (TPSA) is 55.2 Å². The Bertz CT molecular complexity index is 782. The zero-order valence-corrected chi connectivity index (χ0v) is 14.9. The standard InChI is InChI=1S/C15H18BrN3O2S/c1-11(2)12-4-6-13(7-5-12)22(20,21)19-9-3-8-18-15(19)14(16)10-17-18/h4-7,10-11H,3,8-9H2,1-2H3. The van der Waals surface area contributed by atoms with Gasteiger partial charge in [-0.1, -0.05) is 26.0 Å². The Morgan fingerprint density at radius 3 is 2.50 bits per heavy atom. The summed E-state index contributed by atoms with van der Waals surface area (Å²) in [6, 6.07) is 7.14. The number of halogens is 1. The van der Waals surface area contributed by atoms with Crippen molar-refractivity contribution >= 4 is 31.8 Å². The molecule has 2 heterocycles. The van der Waals surface area contributed by atoms with Crippen LogP contribution in [0.5, 0.6) is 0 Å². The Kier molecular flexibility index (Phi) is 4.03. The van der Waals surface area contributed by atoms with Gasteiger partial charge in [-0.25, -0.2) is 17.4 Å². The lowest BCUT2D eigenvalue weighted by molar-refractivity contribution is 0.532. The molecule has 22 heavy (non-hydrogen) atoms. The largest absolute Gasteiger partial charge is 0.265 e. The van der Waals surface area contributed by atoms with Crippen molar-refractivity contribution in [3.8, 4) is 0 Å². The second-order valence-electron chi connectivity index (χ2n) is 5.69. The van der Waals surface area contributed by atoms with Gasteiger partial charge in [0.25, 0.3) is 10.0 Å². The van der Waals surface area contributed by atoms with Crippen LogP contribution < -0.4 is 4.31 Å². The summed E-state index contributed by atoms with van der Waals surface area (Å²) < 4.78 is 29.8. The maximum atomic E-state index is 12.9. The summed E-state index contributed by atoms with van der Waals surface area (Å²) in [5.41, 5.74) is 1.13. The number of sulfonamides is 1. The zero-order chi connectivity index (χ0) is 15.9. The van der Waals surface area contributed by atoms with Crippen LogP contribution in [0.25, 0.3) is 0 Å². The SMILES string of the molecule is CC(C)c1ccc(S(=O)(=O)N2CCCn3ncc(Br)c32)cc1. The lowest BCUT2D eigenvalue weighted by atomic mass is 10.0. The first-order chi connectivity index (χ1) is 10.4. The van der Waals surface area contributed by atoms with Crippen molar-refractivity contribution in [2.24, 2.45) is 0 Å². The van der Waals surface area contributed by atoms with E-state index in [4.69, 9.17) is 0 Å². The van der Waals surface area contributed by atoms with E-state index in [1.165, 1.54) is 4.31 Å². The molecular weight excluding hydrogens is 366 g/mol. The number of rotatable bonds is 3. The van der Waals surface area contributed by atoms with Gasteiger partial charge in [0.1, 0.15) is 0 Å². The molecule has 0 bridgehead atoms. The number of benzene rings is 1. The summed E-state index contributed by atoms with van der Waals surface area (Å²) >= 11 is 3.40. The van der Waals surface area contributed by atoms with Crippen LogP contribution in [0.3, 0.4) is 0 Å². The minimum Gasteiger partial charge on any atom is -0.249 e. The van der Waals surface area contributed by atoms with Crippen LogP contribution >= 0.6 is 15.9 Å². The number of nitrogens with zero attached hydrogens (tertiary/aromatic N) is 3. The summed E-state index contributed by atoms with van der Waals surface area (Å²) in [5, 5.41) is 4.21. The van der Waals surface area contributed by atoms with Gasteiger partial charge >= 0.3 is 0 Å². The molecule has 0 aliphatic carbocycles. The molecule has 2 aromatic rings. The molecule has 1 aliphatic rings. The summed E-state index contributed by atoms with van der Waals surface area (Å²) in [7, 11) is -3.57. The first-order valence-electron chi connectivity index (χ1n) is 7.25. The molecule has 0 N–H and O–H groups in total. The minimum absolute atomic E-state index is 0.318. The van der Waals surface area contributed by atoms with Gasteiger partial charge in [-0.3, -0.25) is 0 Å². The summed E-state index contributed by atoms with van der Waals surface area (Å²) in [4.78, 5) is 0.318. The molecular formula is C15H18BrN3O2S. The van der Waals surface area contributed by atoms with Crippen molar-refractivity contribution in [1.29, 1.82) is 0 Å². The van der Waals surface area contributed by atoms with Gasteiger partial charge in [0.05, 0.1) is 15.6 Å². The molecule has 5 nitrogen and oxygen atoms in total. The molecule has 0 atom stereocenters. The van der Waals surface area contributed by atoms with Crippen molar-refractivity contribution in [2.45, 2.75) is 37.6 Å². The zero-order valence-electron chi connectivity index (χ0n) is 12.5. The van der Waals surface area contributed by atoms with Crippen LogP contribution in [0, 0.1) is 0 Å².